The number of sulfonamides is 1. The van der Waals surface area contributed by atoms with Gasteiger partial charge in [0.1, 0.15) is 11.9 Å². The second-order valence-electron chi connectivity index (χ2n) is 17.3. The molecule has 6 aliphatic rings. The zero-order valence-corrected chi connectivity index (χ0v) is 33.8. The predicted molar refractivity (Wildman–Crippen MR) is 212 cm³/mol. The third kappa shape index (κ3) is 8.44. The van der Waals surface area contributed by atoms with E-state index in [0.717, 1.165) is 62.3 Å². The predicted octanol–water partition coefficient (Wildman–Crippen LogP) is 4.89. The van der Waals surface area contributed by atoms with Crippen LogP contribution in [0.5, 0.6) is 11.6 Å². The molecule has 3 saturated carbocycles. The molecule has 2 saturated heterocycles. The van der Waals surface area contributed by atoms with E-state index < -0.39 is 44.7 Å². The molecule has 308 valence electrons. The van der Waals surface area contributed by atoms with Gasteiger partial charge in [0.2, 0.25) is 33.6 Å². The molecule has 4 heterocycles. The maximum Gasteiger partial charge on any atom is 0.240 e. The number of carbonyl (C=O) groups excluding carboxylic acids is 4. The largest absolute Gasteiger partial charge is 0.497 e. The zero-order chi connectivity index (χ0) is 39.9. The summed E-state index contributed by atoms with van der Waals surface area (Å²) in [5.74, 6) is -1.21. The van der Waals surface area contributed by atoms with Crippen LogP contribution in [-0.2, 0) is 40.4 Å². The van der Waals surface area contributed by atoms with Crippen LogP contribution in [-0.4, -0.2) is 104 Å². The van der Waals surface area contributed by atoms with Gasteiger partial charge in [-0.05, 0) is 87.8 Å². The van der Waals surface area contributed by atoms with Crippen molar-refractivity contribution in [2.75, 3.05) is 33.4 Å². The van der Waals surface area contributed by atoms with Crippen molar-refractivity contribution in [2.24, 2.45) is 23.2 Å². The molecule has 1 aromatic carbocycles. The molecule has 0 unspecified atom stereocenters. The fourth-order valence-electron chi connectivity index (χ4n) is 9.76. The Morgan fingerprint density at radius 3 is 2.58 bits per heavy atom. The van der Waals surface area contributed by atoms with E-state index in [2.05, 4.69) is 17.4 Å². The van der Waals surface area contributed by atoms with Gasteiger partial charge in [-0.25, -0.2) is 13.4 Å². The Kier molecular flexibility index (Phi) is 11.4. The number of allylic oxidation sites excluding steroid dienone is 1. The molecule has 8 rings (SSSR count). The quantitative estimate of drug-likeness (QED) is 0.346. The Bertz CT molecular complexity index is 2010. The summed E-state index contributed by atoms with van der Waals surface area (Å²) in [6, 6.07) is 6.88. The Morgan fingerprint density at radius 2 is 1.84 bits per heavy atom. The average molecular weight is 805 g/mol. The first kappa shape index (κ1) is 39.8. The molecular formula is C43H56N4O9S. The lowest BCUT2D eigenvalue weighted by atomic mass is 9.85. The second kappa shape index (κ2) is 16.3. The molecular weight excluding hydrogens is 749 g/mol. The molecule has 1 N–H and O–H groups in total. The number of nitrogens with one attached hydrogen (secondary N) is 1. The van der Waals surface area contributed by atoms with E-state index in [1.54, 1.807) is 18.1 Å². The summed E-state index contributed by atoms with van der Waals surface area (Å²) in [5, 5.41) is 0.349. The van der Waals surface area contributed by atoms with Crippen LogP contribution >= 0.6 is 0 Å². The van der Waals surface area contributed by atoms with Gasteiger partial charge in [0.25, 0.3) is 0 Å². The minimum Gasteiger partial charge on any atom is -0.497 e. The number of carbonyl (C=O) groups is 4. The fourth-order valence-corrected chi connectivity index (χ4v) is 11.1. The summed E-state index contributed by atoms with van der Waals surface area (Å²) in [6.07, 6.45) is 10.0. The van der Waals surface area contributed by atoms with E-state index in [0.29, 0.717) is 62.5 Å². The lowest BCUT2D eigenvalue weighted by Crippen LogP contribution is -2.48. The number of methoxy groups -OCH3 is 1. The summed E-state index contributed by atoms with van der Waals surface area (Å²) >= 11 is 0. The first-order valence-electron chi connectivity index (χ1n) is 21.0. The van der Waals surface area contributed by atoms with E-state index in [1.165, 1.54) is 0 Å². The third-order valence-corrected chi connectivity index (χ3v) is 15.3. The normalized spacial score (nSPS) is 30.2. The smallest absolute Gasteiger partial charge is 0.240 e. The minimum absolute atomic E-state index is 0.00277. The minimum atomic E-state index is -3.84. The van der Waals surface area contributed by atoms with Gasteiger partial charge in [0, 0.05) is 61.9 Å². The summed E-state index contributed by atoms with van der Waals surface area (Å²) in [7, 11) is -2.24. The van der Waals surface area contributed by atoms with Crippen molar-refractivity contribution in [3.63, 3.8) is 0 Å². The van der Waals surface area contributed by atoms with Crippen LogP contribution in [0.15, 0.2) is 36.9 Å². The molecule has 57 heavy (non-hydrogen) atoms. The molecule has 1 aromatic heterocycles. The summed E-state index contributed by atoms with van der Waals surface area (Å²) in [4.78, 5) is 65.7. The van der Waals surface area contributed by atoms with E-state index in [-0.39, 0.29) is 61.3 Å². The lowest BCUT2D eigenvalue weighted by molar-refractivity contribution is -0.146. The van der Waals surface area contributed by atoms with Crippen LogP contribution in [0.1, 0.15) is 95.5 Å². The SMILES string of the molecule is C=C[C@@H]1C[C@]1(CC(=O)[C@@H]1C[C@@H]2CN1C(=O)[C@H](C1CCCC1)CC(=O)N1CC[C@@H](C1)OCCCCCc1cc3ccc(OC)cc3nc1O2)C(=O)NS(=O)(=O)C1CC1. The average Bonchev–Trinajstić information content (AvgIpc) is 3.97. The first-order valence-corrected chi connectivity index (χ1v) is 22.6. The van der Waals surface area contributed by atoms with Crippen LogP contribution in [0.2, 0.25) is 0 Å². The highest BCUT2D eigenvalue weighted by molar-refractivity contribution is 7.90. The van der Waals surface area contributed by atoms with Crippen molar-refractivity contribution in [2.45, 2.75) is 120 Å². The van der Waals surface area contributed by atoms with E-state index in [1.807, 2.05) is 23.1 Å². The monoisotopic (exact) mass is 804 g/mol. The van der Waals surface area contributed by atoms with E-state index in [9.17, 15) is 22.8 Å². The standard InChI is InChI=1S/C43H56N4O9S/c1-3-30-23-43(30,42(51)45-57(52,53)34-14-15-34)24-38(48)37-21-33-26-47(37)41(50)35(27-9-6-7-10-27)22-39(49)46-17-16-32(25-46)55-18-8-4-5-11-29-19-28-12-13-31(54-2)20-36(28)44-40(29)56-33/h3,12-13,19-20,27,30,32-35,37H,1,4-11,14-18,21-26H2,2H3,(H,45,51)/t30-,32+,33-,35+,37+,43-/m1/s1. The number of fused-ring (bicyclic) bond motifs is 6. The molecule has 6 atom stereocenters. The first-order chi connectivity index (χ1) is 27.5. The van der Waals surface area contributed by atoms with Crippen LogP contribution in [0.3, 0.4) is 0 Å². The van der Waals surface area contributed by atoms with Gasteiger partial charge < -0.3 is 24.0 Å². The van der Waals surface area contributed by atoms with Crippen LogP contribution < -0.4 is 14.2 Å². The van der Waals surface area contributed by atoms with Crippen molar-refractivity contribution >= 4 is 44.4 Å². The van der Waals surface area contributed by atoms with Crippen molar-refractivity contribution in [1.82, 2.24) is 19.5 Å². The third-order valence-electron chi connectivity index (χ3n) is 13.4. The topological polar surface area (TPSA) is 162 Å². The summed E-state index contributed by atoms with van der Waals surface area (Å²) < 4.78 is 46.4. The number of hydrogen-bond acceptors (Lipinski definition) is 10. The highest BCUT2D eigenvalue weighted by atomic mass is 32.2. The number of benzene rings is 1. The van der Waals surface area contributed by atoms with Gasteiger partial charge in [-0.15, -0.1) is 6.58 Å². The number of nitrogens with zero attached hydrogens (tertiary/aromatic N) is 3. The Morgan fingerprint density at radius 1 is 1.04 bits per heavy atom. The van der Waals surface area contributed by atoms with Crippen molar-refractivity contribution in [3.05, 3.63) is 42.5 Å². The number of rotatable bonds is 9. The number of aromatic nitrogens is 1. The van der Waals surface area contributed by atoms with Crippen LogP contribution in [0.25, 0.3) is 10.9 Å². The molecule has 3 aliphatic heterocycles. The number of Topliss-reactive ketones (excluding diaryl/α,β-unsaturated/α-hetero) is 1. The van der Waals surface area contributed by atoms with Gasteiger partial charge in [0.15, 0.2) is 5.78 Å². The van der Waals surface area contributed by atoms with E-state index >= 15 is 4.79 Å². The number of ketones is 1. The maximum absolute atomic E-state index is 15.0. The van der Waals surface area contributed by atoms with Gasteiger partial charge in [-0.3, -0.25) is 23.9 Å². The molecule has 2 aromatic rings. The molecule has 3 amide bonds. The lowest BCUT2D eigenvalue weighted by Gasteiger charge is -2.32. The molecule has 0 spiro atoms. The Balaban J connectivity index is 1.12. The fraction of sp³-hybridized carbons (Fsp3) is 0.651. The zero-order valence-electron chi connectivity index (χ0n) is 33.0. The molecule has 4 bridgehead atoms. The number of ether oxygens (including phenoxy) is 3. The molecule has 3 aliphatic carbocycles. The van der Waals surface area contributed by atoms with Crippen molar-refractivity contribution < 1.29 is 41.8 Å². The summed E-state index contributed by atoms with van der Waals surface area (Å²) in [5.41, 5.74) is 0.363. The second-order valence-corrected chi connectivity index (χ2v) is 19.3. The maximum atomic E-state index is 15.0. The van der Waals surface area contributed by atoms with Gasteiger partial charge in [-0.2, -0.15) is 0 Å². The molecule has 0 radical (unpaired) electrons. The molecule has 14 heteroatoms. The Labute approximate surface area is 335 Å². The Hall–Kier alpha value is -4.04. The van der Waals surface area contributed by atoms with Crippen molar-refractivity contribution in [1.29, 1.82) is 0 Å². The molecule has 13 nitrogen and oxygen atoms in total. The number of aryl methyl sites for hydroxylation is 1. The van der Waals surface area contributed by atoms with Gasteiger partial charge in [-0.1, -0.05) is 25.3 Å². The molecule has 5 fully saturated rings. The van der Waals surface area contributed by atoms with Gasteiger partial charge in [0.05, 0.1) is 42.0 Å². The van der Waals surface area contributed by atoms with E-state index in [4.69, 9.17) is 19.2 Å². The van der Waals surface area contributed by atoms with Crippen molar-refractivity contribution in [3.8, 4) is 11.6 Å². The van der Waals surface area contributed by atoms with Crippen LogP contribution in [0.4, 0.5) is 0 Å². The summed E-state index contributed by atoms with van der Waals surface area (Å²) in [6.45, 7) is 5.70. The number of pyridine rings is 1. The highest BCUT2D eigenvalue weighted by Crippen LogP contribution is 2.57. The highest BCUT2D eigenvalue weighted by Gasteiger charge is 2.61. The number of amides is 3. The van der Waals surface area contributed by atoms with Gasteiger partial charge >= 0.3 is 0 Å². The number of hydrogen-bond donors (Lipinski definition) is 1. The van der Waals surface area contributed by atoms with Crippen LogP contribution in [0, 0.1) is 23.2 Å².